The van der Waals surface area contributed by atoms with Crippen LogP contribution in [0.2, 0.25) is 0 Å². The number of aliphatic carboxylic acids is 1. The van der Waals surface area contributed by atoms with Crippen molar-refractivity contribution in [3.63, 3.8) is 0 Å². The van der Waals surface area contributed by atoms with Gasteiger partial charge in [-0.05, 0) is 24.5 Å². The molecule has 1 aliphatic carbocycles. The quantitative estimate of drug-likeness (QED) is 0.776. The Labute approximate surface area is 109 Å². The highest BCUT2D eigenvalue weighted by Crippen LogP contribution is 2.35. The molecular formula is C14H14N2O3. The van der Waals surface area contributed by atoms with Crippen LogP contribution >= 0.6 is 0 Å². The summed E-state index contributed by atoms with van der Waals surface area (Å²) in [6.07, 6.45) is 3.02. The molecule has 0 bridgehead atoms. The minimum Gasteiger partial charge on any atom is -0.480 e. The van der Waals surface area contributed by atoms with E-state index in [1.807, 2.05) is 24.3 Å². The lowest BCUT2D eigenvalue weighted by atomic mass is 10.1. The SMILES string of the molecule is O=C(Cc1c[nH]c2ccccc12)NC1(C(=O)O)CC1. The van der Waals surface area contributed by atoms with Gasteiger partial charge in [-0.2, -0.15) is 0 Å². The van der Waals surface area contributed by atoms with E-state index in [0.29, 0.717) is 12.8 Å². The maximum absolute atomic E-state index is 11.9. The molecule has 0 saturated heterocycles. The van der Waals surface area contributed by atoms with E-state index in [0.717, 1.165) is 16.5 Å². The molecule has 1 heterocycles. The van der Waals surface area contributed by atoms with E-state index in [2.05, 4.69) is 10.3 Å². The van der Waals surface area contributed by atoms with E-state index < -0.39 is 11.5 Å². The third-order valence-electron chi connectivity index (χ3n) is 3.56. The van der Waals surface area contributed by atoms with Crippen molar-refractivity contribution in [1.29, 1.82) is 0 Å². The minimum absolute atomic E-state index is 0.193. The number of carbonyl (C=O) groups excluding carboxylic acids is 1. The normalized spacial score (nSPS) is 16.2. The fraction of sp³-hybridized carbons (Fsp3) is 0.286. The average Bonchev–Trinajstić information content (AvgIpc) is 3.06. The largest absolute Gasteiger partial charge is 0.480 e. The number of hydrogen-bond donors (Lipinski definition) is 3. The molecular weight excluding hydrogens is 244 g/mol. The van der Waals surface area contributed by atoms with Crippen LogP contribution in [0, 0.1) is 0 Å². The van der Waals surface area contributed by atoms with Gasteiger partial charge in [0.05, 0.1) is 6.42 Å². The Balaban J connectivity index is 1.75. The number of nitrogens with one attached hydrogen (secondary N) is 2. The number of amides is 1. The molecule has 5 nitrogen and oxygen atoms in total. The Morgan fingerprint density at radius 1 is 1.32 bits per heavy atom. The van der Waals surface area contributed by atoms with E-state index in [-0.39, 0.29) is 12.3 Å². The average molecular weight is 258 g/mol. The Kier molecular flexibility index (Phi) is 2.55. The second-order valence-electron chi connectivity index (χ2n) is 4.97. The highest BCUT2D eigenvalue weighted by atomic mass is 16.4. The predicted molar refractivity (Wildman–Crippen MR) is 69.7 cm³/mol. The van der Waals surface area contributed by atoms with E-state index in [9.17, 15) is 9.59 Å². The van der Waals surface area contributed by atoms with Crippen molar-refractivity contribution >= 4 is 22.8 Å². The number of fused-ring (bicyclic) bond motifs is 1. The predicted octanol–water partition coefficient (Wildman–Crippen LogP) is 1.44. The summed E-state index contributed by atoms with van der Waals surface area (Å²) >= 11 is 0. The van der Waals surface area contributed by atoms with Crippen LogP contribution in [0.5, 0.6) is 0 Å². The van der Waals surface area contributed by atoms with Crippen LogP contribution in [-0.2, 0) is 16.0 Å². The number of hydrogen-bond acceptors (Lipinski definition) is 2. The molecule has 3 rings (SSSR count). The number of carbonyl (C=O) groups is 2. The van der Waals surface area contributed by atoms with Crippen molar-refractivity contribution in [2.24, 2.45) is 0 Å². The molecule has 2 aromatic rings. The van der Waals surface area contributed by atoms with Gasteiger partial charge in [0.25, 0.3) is 0 Å². The van der Waals surface area contributed by atoms with E-state index >= 15 is 0 Å². The lowest BCUT2D eigenvalue weighted by molar-refractivity contribution is -0.143. The van der Waals surface area contributed by atoms with Crippen molar-refractivity contribution in [1.82, 2.24) is 10.3 Å². The second-order valence-corrected chi connectivity index (χ2v) is 4.97. The monoisotopic (exact) mass is 258 g/mol. The van der Waals surface area contributed by atoms with Crippen LogP contribution in [0.3, 0.4) is 0 Å². The molecule has 1 saturated carbocycles. The van der Waals surface area contributed by atoms with Crippen LogP contribution in [0.1, 0.15) is 18.4 Å². The lowest BCUT2D eigenvalue weighted by Gasteiger charge is -2.11. The van der Waals surface area contributed by atoms with Gasteiger partial charge in [0.1, 0.15) is 5.54 Å². The van der Waals surface area contributed by atoms with Gasteiger partial charge in [-0.1, -0.05) is 18.2 Å². The minimum atomic E-state index is -1.01. The maximum Gasteiger partial charge on any atom is 0.329 e. The van der Waals surface area contributed by atoms with Crippen LogP contribution in [-0.4, -0.2) is 27.5 Å². The number of carboxylic acids is 1. The molecule has 5 heteroatoms. The number of para-hydroxylation sites is 1. The highest BCUT2D eigenvalue weighted by Gasteiger charge is 2.51. The molecule has 1 aromatic carbocycles. The Morgan fingerprint density at radius 3 is 2.74 bits per heavy atom. The van der Waals surface area contributed by atoms with Gasteiger partial charge in [0, 0.05) is 17.1 Å². The summed E-state index contributed by atoms with van der Waals surface area (Å²) in [6, 6.07) is 7.72. The third kappa shape index (κ3) is 2.07. The molecule has 0 radical (unpaired) electrons. The summed E-state index contributed by atoms with van der Waals surface area (Å²) < 4.78 is 0. The number of H-pyrrole nitrogens is 1. The molecule has 1 fully saturated rings. The first-order valence-corrected chi connectivity index (χ1v) is 6.20. The first kappa shape index (κ1) is 11.8. The molecule has 98 valence electrons. The van der Waals surface area contributed by atoms with Crippen molar-refractivity contribution in [3.8, 4) is 0 Å². The topological polar surface area (TPSA) is 82.2 Å². The van der Waals surface area contributed by atoms with Gasteiger partial charge >= 0.3 is 5.97 Å². The molecule has 1 aromatic heterocycles. The molecule has 0 atom stereocenters. The van der Waals surface area contributed by atoms with Crippen molar-refractivity contribution in [3.05, 3.63) is 36.0 Å². The molecule has 3 N–H and O–H groups in total. The number of aromatic nitrogens is 1. The van der Waals surface area contributed by atoms with Gasteiger partial charge in [0.15, 0.2) is 0 Å². The Morgan fingerprint density at radius 2 is 2.05 bits per heavy atom. The molecule has 1 amide bonds. The van der Waals surface area contributed by atoms with Gasteiger partial charge in [-0.25, -0.2) is 4.79 Å². The second kappa shape index (κ2) is 4.12. The maximum atomic E-state index is 11.9. The zero-order valence-corrected chi connectivity index (χ0v) is 10.3. The number of rotatable bonds is 4. The van der Waals surface area contributed by atoms with Gasteiger partial charge < -0.3 is 15.4 Å². The van der Waals surface area contributed by atoms with Crippen LogP contribution in [0.25, 0.3) is 10.9 Å². The summed E-state index contributed by atoms with van der Waals surface area (Å²) in [5, 5.41) is 12.6. The molecule has 0 aliphatic heterocycles. The van der Waals surface area contributed by atoms with Crippen LogP contribution < -0.4 is 5.32 Å². The molecule has 1 aliphatic rings. The molecule has 0 unspecified atom stereocenters. The smallest absolute Gasteiger partial charge is 0.329 e. The third-order valence-corrected chi connectivity index (χ3v) is 3.56. The molecule has 0 spiro atoms. The van der Waals surface area contributed by atoms with Crippen molar-refractivity contribution in [2.75, 3.05) is 0 Å². The zero-order chi connectivity index (χ0) is 13.5. The summed E-state index contributed by atoms with van der Waals surface area (Å²) in [5.41, 5.74) is 0.849. The van der Waals surface area contributed by atoms with Crippen LogP contribution in [0.4, 0.5) is 0 Å². The van der Waals surface area contributed by atoms with Gasteiger partial charge in [-0.3, -0.25) is 4.79 Å². The number of carboxylic acid groups (broad SMARTS) is 1. The fourth-order valence-electron chi connectivity index (χ4n) is 2.28. The number of benzene rings is 1. The summed E-state index contributed by atoms with van der Waals surface area (Å²) in [5.74, 6) is -1.19. The van der Waals surface area contributed by atoms with Crippen molar-refractivity contribution < 1.29 is 14.7 Å². The van der Waals surface area contributed by atoms with E-state index in [4.69, 9.17) is 5.11 Å². The fourth-order valence-corrected chi connectivity index (χ4v) is 2.28. The van der Waals surface area contributed by atoms with Crippen LogP contribution in [0.15, 0.2) is 30.5 Å². The standard InChI is InChI=1S/C14H14N2O3/c17-12(16-14(5-6-14)13(18)19)7-9-8-15-11-4-2-1-3-10(9)11/h1-4,8,15H,5-7H2,(H,16,17)(H,18,19). The lowest BCUT2D eigenvalue weighted by Crippen LogP contribution is -2.43. The zero-order valence-electron chi connectivity index (χ0n) is 10.3. The summed E-state index contributed by atoms with van der Waals surface area (Å²) in [7, 11) is 0. The Hall–Kier alpha value is -2.30. The highest BCUT2D eigenvalue weighted by molar-refractivity contribution is 5.93. The number of aromatic amines is 1. The first-order chi connectivity index (χ1) is 9.11. The Bertz CT molecular complexity index is 656. The summed E-state index contributed by atoms with van der Waals surface area (Å²) in [4.78, 5) is 26.0. The van der Waals surface area contributed by atoms with E-state index in [1.165, 1.54) is 0 Å². The molecule has 19 heavy (non-hydrogen) atoms. The van der Waals surface area contributed by atoms with E-state index in [1.54, 1.807) is 6.20 Å². The van der Waals surface area contributed by atoms with Crippen molar-refractivity contribution in [2.45, 2.75) is 24.8 Å². The summed E-state index contributed by atoms with van der Waals surface area (Å²) in [6.45, 7) is 0. The van der Waals surface area contributed by atoms with Gasteiger partial charge in [-0.15, -0.1) is 0 Å². The van der Waals surface area contributed by atoms with Gasteiger partial charge in [0.2, 0.25) is 5.91 Å². The first-order valence-electron chi connectivity index (χ1n) is 6.20.